The molecule has 4 amide bonds. The number of ether oxygens (including phenoxy) is 2. The number of esters is 1. The second-order valence-corrected chi connectivity index (χ2v) is 22.7. The average Bonchev–Trinajstić information content (AvgIpc) is 3.67. The largest absolute Gasteiger partial charge is 0.464 e. The number of piperidine rings is 2. The van der Waals surface area contributed by atoms with E-state index >= 15 is 4.39 Å². The summed E-state index contributed by atoms with van der Waals surface area (Å²) in [6, 6.07) is 7.75. The number of nitrogens with zero attached hydrogens (tertiary/aromatic N) is 7. The molecule has 0 spiro atoms. The average molecular weight is 1010 g/mol. The molecule has 2 N–H and O–H groups in total. The van der Waals surface area contributed by atoms with Gasteiger partial charge in [-0.2, -0.15) is 0 Å². The summed E-state index contributed by atoms with van der Waals surface area (Å²) in [5, 5.41) is 5.61. The molecule has 3 saturated heterocycles. The minimum Gasteiger partial charge on any atom is -0.464 e. The van der Waals surface area contributed by atoms with E-state index in [1.54, 1.807) is 27.2 Å². The van der Waals surface area contributed by atoms with Gasteiger partial charge in [0.15, 0.2) is 5.67 Å². The first-order valence-corrected chi connectivity index (χ1v) is 26.4. The third-order valence-electron chi connectivity index (χ3n) is 15.8. The zero-order valence-electron chi connectivity index (χ0n) is 45.4. The predicted molar refractivity (Wildman–Crippen MR) is 281 cm³/mol. The predicted octanol–water partition coefficient (Wildman–Crippen LogP) is 6.30. The van der Waals surface area contributed by atoms with E-state index in [-0.39, 0.29) is 44.6 Å². The van der Waals surface area contributed by atoms with E-state index in [0.717, 1.165) is 58.5 Å². The standard InChI is InChI=1S/C56H80FN9O7/c1-13-65-45-21-20-39-32-41(45)42(49(65)40-18-14-26-58-47(40)37(4)72-12)33-54(5,6)35-73-52(70)43-19-16-28-66(60-43)51(69)44(31-38-17-15-27-64(39)34-38)59-50(68)48(36(2)3)62(11)53(71)56(57)24-29-63(30-25-56)46(67)22-23-55(7,8)61(9)10/h14,18,20-21,26,32,36-38,43-44,48,60H,13,15-17,19,24-25,27-31,33-35H2,1-12H3,(H,59,68)/t37-,38-,43?,44-,48-/m0/s1. The van der Waals surface area contributed by atoms with Crippen LogP contribution in [0.1, 0.15) is 118 Å². The number of halogens is 1. The van der Waals surface area contributed by atoms with Gasteiger partial charge in [0, 0.05) is 100 Å². The number of hydrazine groups is 1. The number of benzene rings is 1. The van der Waals surface area contributed by atoms with Gasteiger partial charge in [-0.1, -0.05) is 33.6 Å². The van der Waals surface area contributed by atoms with E-state index < -0.39 is 70.3 Å². The highest BCUT2D eigenvalue weighted by Crippen LogP contribution is 2.42. The van der Waals surface area contributed by atoms with Crippen molar-refractivity contribution in [1.29, 1.82) is 0 Å². The quantitative estimate of drug-likeness (QED) is 0.173. The molecule has 0 aliphatic carbocycles. The van der Waals surface area contributed by atoms with Crippen LogP contribution in [0.4, 0.5) is 10.1 Å². The number of cyclic esters (lactones) is 1. The summed E-state index contributed by atoms with van der Waals surface area (Å²) < 4.78 is 31.1. The number of fused-ring (bicyclic) bond motifs is 6. The summed E-state index contributed by atoms with van der Waals surface area (Å²) in [7, 11) is 6.87. The Balaban J connectivity index is 1.18. The zero-order chi connectivity index (χ0) is 53.2. The molecule has 3 fully saturated rings. The molecule has 5 atom stereocenters. The second-order valence-electron chi connectivity index (χ2n) is 22.7. The van der Waals surface area contributed by atoms with E-state index in [1.807, 2.05) is 45.8 Å². The maximum atomic E-state index is 16.8. The van der Waals surface area contributed by atoms with Gasteiger partial charge in [-0.3, -0.25) is 38.9 Å². The van der Waals surface area contributed by atoms with Crippen molar-refractivity contribution in [2.24, 2.45) is 17.3 Å². The third kappa shape index (κ3) is 12.0. The minimum atomic E-state index is -2.32. The first-order chi connectivity index (χ1) is 34.5. The fourth-order valence-corrected chi connectivity index (χ4v) is 11.0. The molecule has 1 unspecified atom stereocenters. The summed E-state index contributed by atoms with van der Waals surface area (Å²) in [6.45, 7) is 18.3. The number of hydrogen-bond acceptors (Lipinski definition) is 11. The van der Waals surface area contributed by atoms with Crippen LogP contribution in [-0.2, 0) is 46.4 Å². The van der Waals surface area contributed by atoms with Crippen LogP contribution in [0.15, 0.2) is 36.5 Å². The maximum absolute atomic E-state index is 16.8. The first-order valence-electron chi connectivity index (χ1n) is 26.4. The molecule has 16 nitrogen and oxygen atoms in total. The lowest BCUT2D eigenvalue weighted by Gasteiger charge is -2.41. The molecule has 0 saturated carbocycles. The number of methoxy groups -OCH3 is 1. The number of likely N-dealkylation sites (N-methyl/N-ethyl adjacent to an activating group) is 1. The zero-order valence-corrected chi connectivity index (χ0v) is 45.4. The van der Waals surface area contributed by atoms with Gasteiger partial charge in [0.1, 0.15) is 18.1 Å². The van der Waals surface area contributed by atoms with Crippen LogP contribution < -0.4 is 15.6 Å². The smallest absolute Gasteiger partial charge is 0.324 e. The van der Waals surface area contributed by atoms with Crippen molar-refractivity contribution in [2.45, 2.75) is 149 Å². The fourth-order valence-electron chi connectivity index (χ4n) is 11.0. The molecule has 3 aromatic rings. The molecule has 17 heteroatoms. The van der Waals surface area contributed by atoms with E-state index in [1.165, 1.54) is 21.9 Å². The summed E-state index contributed by atoms with van der Waals surface area (Å²) in [5.41, 5.74) is 5.95. The van der Waals surface area contributed by atoms with Crippen LogP contribution in [0.5, 0.6) is 0 Å². The Morgan fingerprint density at radius 2 is 1.75 bits per heavy atom. The summed E-state index contributed by atoms with van der Waals surface area (Å²) in [4.78, 5) is 82.5. The molecule has 0 radical (unpaired) electrons. The monoisotopic (exact) mass is 1010 g/mol. The maximum Gasteiger partial charge on any atom is 0.324 e. The van der Waals surface area contributed by atoms with E-state index in [2.05, 4.69) is 77.1 Å². The number of amides is 4. The summed E-state index contributed by atoms with van der Waals surface area (Å²) in [5.74, 6) is 2.49. The Bertz CT molecular complexity index is 2590. The highest BCUT2D eigenvalue weighted by atomic mass is 19.1. The van der Waals surface area contributed by atoms with E-state index in [4.69, 9.17) is 14.5 Å². The highest BCUT2D eigenvalue weighted by Gasteiger charge is 2.48. The molecule has 1 aromatic carbocycles. The molecule has 6 bridgehead atoms. The third-order valence-corrected chi connectivity index (χ3v) is 15.8. The van der Waals surface area contributed by atoms with Crippen LogP contribution in [-0.4, -0.2) is 156 Å². The number of alkyl halides is 1. The SMILES string of the molecule is CCn1c(-c2cccnc2[C@H](C)OC)c2c3cc(ccc31)N1CCC[C@@H](C[C@H](NC(=O)[C@H](C(C)C)N(C)C(=O)C3(F)CCN(C(=O)C#CC(C)(C)N(C)C)CC3)C(=O)N3CCCC(N3)C(=O)OCC(C)(C)C2)C1. The molecule has 4 aliphatic heterocycles. The lowest BCUT2D eigenvalue weighted by Crippen LogP contribution is -2.63. The number of nitrogens with one attached hydrogen (secondary N) is 2. The lowest BCUT2D eigenvalue weighted by atomic mass is 9.84. The summed E-state index contributed by atoms with van der Waals surface area (Å²) in [6.07, 6.45) is 4.60. The van der Waals surface area contributed by atoms with Crippen LogP contribution >= 0.6 is 0 Å². The lowest BCUT2D eigenvalue weighted by molar-refractivity contribution is -0.156. The Morgan fingerprint density at radius 1 is 1.04 bits per heavy atom. The number of aryl methyl sites for hydroxylation is 1. The molecule has 6 heterocycles. The van der Waals surface area contributed by atoms with Gasteiger partial charge in [0.25, 0.3) is 17.7 Å². The topological polar surface area (TPSA) is 162 Å². The Labute approximate surface area is 432 Å². The van der Waals surface area contributed by atoms with Crippen molar-refractivity contribution in [3.05, 3.63) is 47.8 Å². The molecule has 7 rings (SSSR count). The number of aromatic nitrogens is 2. The van der Waals surface area contributed by atoms with Crippen molar-refractivity contribution in [3.63, 3.8) is 0 Å². The number of carbonyl (C=O) groups is 5. The van der Waals surface area contributed by atoms with Crippen molar-refractivity contribution in [1.82, 2.24) is 40.0 Å². The molecular formula is C56H80FN9O7. The molecule has 4 aliphatic rings. The number of rotatable bonds is 10. The van der Waals surface area contributed by atoms with Crippen molar-refractivity contribution < 1.29 is 37.8 Å². The van der Waals surface area contributed by atoms with Crippen LogP contribution in [0.3, 0.4) is 0 Å². The van der Waals surface area contributed by atoms with Gasteiger partial charge in [0.05, 0.1) is 29.6 Å². The highest BCUT2D eigenvalue weighted by molar-refractivity contribution is 5.97. The number of anilines is 1. The first kappa shape index (κ1) is 55.2. The minimum absolute atomic E-state index is 0.00333. The van der Waals surface area contributed by atoms with Gasteiger partial charge >= 0.3 is 5.97 Å². The summed E-state index contributed by atoms with van der Waals surface area (Å²) >= 11 is 0. The molecule has 73 heavy (non-hydrogen) atoms. The Hall–Kier alpha value is -5.57. The molecular weight excluding hydrogens is 930 g/mol. The number of carbonyl (C=O) groups excluding carboxylic acids is 5. The Kier molecular flexibility index (Phi) is 17.0. The Morgan fingerprint density at radius 3 is 2.42 bits per heavy atom. The molecule has 398 valence electrons. The fraction of sp³-hybridized carbons (Fsp3) is 0.643. The van der Waals surface area contributed by atoms with E-state index in [9.17, 15) is 24.0 Å². The van der Waals surface area contributed by atoms with Gasteiger partial charge in [-0.05, 0) is 134 Å². The number of likely N-dealkylation sites (tertiary alicyclic amines) is 1. The van der Waals surface area contributed by atoms with Crippen molar-refractivity contribution in [3.8, 4) is 23.1 Å². The molecule has 2 aromatic heterocycles. The second kappa shape index (κ2) is 22.5. The van der Waals surface area contributed by atoms with Crippen LogP contribution in [0.2, 0.25) is 0 Å². The number of hydrogen-bond donors (Lipinski definition) is 2. The normalized spacial score (nSPS) is 22.5. The van der Waals surface area contributed by atoms with Crippen molar-refractivity contribution >= 4 is 46.2 Å². The van der Waals surface area contributed by atoms with E-state index in [0.29, 0.717) is 45.3 Å². The van der Waals surface area contributed by atoms with Gasteiger partial charge in [-0.15, -0.1) is 0 Å². The van der Waals surface area contributed by atoms with Gasteiger partial charge in [-0.25, -0.2) is 9.82 Å². The van der Waals surface area contributed by atoms with Gasteiger partial charge in [0.2, 0.25) is 5.91 Å². The van der Waals surface area contributed by atoms with Crippen molar-refractivity contribution in [2.75, 3.05) is 72.5 Å². The van der Waals surface area contributed by atoms with Crippen LogP contribution in [0.25, 0.3) is 22.2 Å². The number of pyridine rings is 1. The van der Waals surface area contributed by atoms with Gasteiger partial charge < -0.3 is 34.1 Å². The van der Waals surface area contributed by atoms with Crippen LogP contribution in [0, 0.1) is 29.1 Å².